The normalized spacial score (nSPS) is 9.72. The summed E-state index contributed by atoms with van der Waals surface area (Å²) >= 11 is 0. The van der Waals surface area contributed by atoms with Crippen molar-refractivity contribution < 1.29 is 0 Å². The van der Waals surface area contributed by atoms with Gasteiger partial charge in [-0.3, -0.25) is 0 Å². The second-order valence-electron chi connectivity index (χ2n) is 5.13. The Kier molecular flexibility index (Phi) is 13.7. The summed E-state index contributed by atoms with van der Waals surface area (Å²) in [6.45, 7) is 6.63. The average Bonchev–Trinajstić information content (AvgIpc) is 2.39. The fourth-order valence-corrected chi connectivity index (χ4v) is 1.92. The molecule has 1 rings (SSSR count). The third-order valence-corrected chi connectivity index (χ3v) is 3.15. The number of hydrogen-bond acceptors (Lipinski definition) is 0. The van der Waals surface area contributed by atoms with Crippen LogP contribution < -0.4 is 0 Å². The first-order chi connectivity index (χ1) is 8.81. The smallest absolute Gasteiger partial charge is 0.0398 e. The Morgan fingerprint density at radius 1 is 0.611 bits per heavy atom. The van der Waals surface area contributed by atoms with Crippen LogP contribution in [0.25, 0.3) is 0 Å². The molecule has 1 aromatic carbocycles. The van der Waals surface area contributed by atoms with E-state index >= 15 is 0 Å². The van der Waals surface area contributed by atoms with E-state index in [9.17, 15) is 0 Å². The average molecular weight is 248 g/mol. The highest BCUT2D eigenvalue weighted by atomic mass is 13.9. The molecule has 0 radical (unpaired) electrons. The molecular weight excluding hydrogens is 216 g/mol. The van der Waals surface area contributed by atoms with Crippen molar-refractivity contribution in [1.82, 2.24) is 0 Å². The zero-order valence-electron chi connectivity index (χ0n) is 12.8. The van der Waals surface area contributed by atoms with E-state index in [0.717, 1.165) is 0 Å². The highest BCUT2D eigenvalue weighted by molar-refractivity contribution is 5.11. The van der Waals surface area contributed by atoms with E-state index in [1.807, 2.05) is 18.2 Å². The van der Waals surface area contributed by atoms with Crippen LogP contribution in [0.2, 0.25) is 0 Å². The Morgan fingerprint density at radius 3 is 1.28 bits per heavy atom. The molecule has 0 unspecified atom stereocenters. The molecule has 0 bridgehead atoms. The number of hydrogen-bond donors (Lipinski definition) is 0. The summed E-state index contributed by atoms with van der Waals surface area (Å²) in [6, 6.07) is 10.3. The van der Waals surface area contributed by atoms with Gasteiger partial charge in [-0.1, -0.05) is 108 Å². The van der Waals surface area contributed by atoms with Crippen LogP contribution in [-0.4, -0.2) is 0 Å². The molecule has 0 aliphatic heterocycles. The molecule has 0 aliphatic carbocycles. The van der Waals surface area contributed by atoms with Crippen molar-refractivity contribution in [1.29, 1.82) is 0 Å². The molecule has 0 atom stereocenters. The molecule has 0 fully saturated rings. The summed E-state index contributed by atoms with van der Waals surface area (Å²) in [5.41, 5.74) is 1.32. The SMILES string of the molecule is CCCCCCCCCCC.Cc1ccccc1. The van der Waals surface area contributed by atoms with Gasteiger partial charge >= 0.3 is 0 Å². The molecule has 18 heavy (non-hydrogen) atoms. The quantitative estimate of drug-likeness (QED) is 0.459. The number of aryl methyl sites for hydroxylation is 1. The van der Waals surface area contributed by atoms with Crippen molar-refractivity contribution in [3.8, 4) is 0 Å². The second-order valence-corrected chi connectivity index (χ2v) is 5.13. The maximum atomic E-state index is 2.27. The lowest BCUT2D eigenvalue weighted by atomic mass is 10.1. The lowest BCUT2D eigenvalue weighted by Crippen LogP contribution is -1.79. The first kappa shape index (κ1) is 17.2. The van der Waals surface area contributed by atoms with Crippen LogP contribution in [0.3, 0.4) is 0 Å². The summed E-state index contributed by atoms with van der Waals surface area (Å²) in [5, 5.41) is 0. The van der Waals surface area contributed by atoms with Crippen LogP contribution in [0.4, 0.5) is 0 Å². The summed E-state index contributed by atoms with van der Waals surface area (Å²) in [4.78, 5) is 0. The van der Waals surface area contributed by atoms with Gasteiger partial charge in [-0.05, 0) is 6.92 Å². The standard InChI is InChI=1S/C11H24.C7H8/c1-3-5-7-9-11-10-8-6-4-2;1-7-5-3-2-4-6-7/h3-11H2,1-2H3;2-6H,1H3. The third-order valence-electron chi connectivity index (χ3n) is 3.15. The van der Waals surface area contributed by atoms with Crippen LogP contribution in [0.15, 0.2) is 30.3 Å². The minimum absolute atomic E-state index is 1.32. The molecule has 0 heteroatoms. The van der Waals surface area contributed by atoms with Gasteiger partial charge in [-0.25, -0.2) is 0 Å². The molecule has 104 valence electrons. The highest BCUT2D eigenvalue weighted by Gasteiger charge is 1.89. The number of unbranched alkanes of at least 4 members (excludes halogenated alkanes) is 8. The molecule has 0 aliphatic rings. The van der Waals surface area contributed by atoms with E-state index in [1.165, 1.54) is 63.4 Å². The van der Waals surface area contributed by atoms with E-state index in [-0.39, 0.29) is 0 Å². The van der Waals surface area contributed by atoms with Crippen molar-refractivity contribution in [2.75, 3.05) is 0 Å². The molecule has 0 spiro atoms. The molecule has 0 aromatic heterocycles. The Bertz CT molecular complexity index is 229. The second kappa shape index (κ2) is 14.3. The minimum Gasteiger partial charge on any atom is -0.0654 e. The molecule has 0 amide bonds. The van der Waals surface area contributed by atoms with Crippen molar-refractivity contribution in [2.45, 2.75) is 78.6 Å². The van der Waals surface area contributed by atoms with Crippen molar-refractivity contribution in [3.05, 3.63) is 35.9 Å². The molecule has 0 saturated heterocycles. The van der Waals surface area contributed by atoms with Crippen LogP contribution in [0, 0.1) is 6.92 Å². The van der Waals surface area contributed by atoms with Gasteiger partial charge in [0.05, 0.1) is 0 Å². The molecule has 1 aromatic rings. The van der Waals surface area contributed by atoms with Gasteiger partial charge in [-0.2, -0.15) is 0 Å². The third kappa shape index (κ3) is 13.3. The van der Waals surface area contributed by atoms with Gasteiger partial charge in [0.2, 0.25) is 0 Å². The van der Waals surface area contributed by atoms with Gasteiger partial charge in [0.15, 0.2) is 0 Å². The number of rotatable bonds is 8. The maximum absolute atomic E-state index is 2.27. The van der Waals surface area contributed by atoms with Gasteiger partial charge in [0, 0.05) is 0 Å². The van der Waals surface area contributed by atoms with E-state index in [0.29, 0.717) is 0 Å². The predicted molar refractivity (Wildman–Crippen MR) is 84.1 cm³/mol. The lowest BCUT2D eigenvalue weighted by Gasteiger charge is -1.98. The molecule has 0 N–H and O–H groups in total. The topological polar surface area (TPSA) is 0 Å². The summed E-state index contributed by atoms with van der Waals surface area (Å²) in [5.74, 6) is 0. The van der Waals surface area contributed by atoms with Crippen LogP contribution >= 0.6 is 0 Å². The lowest BCUT2D eigenvalue weighted by molar-refractivity contribution is 0.572. The van der Waals surface area contributed by atoms with E-state index < -0.39 is 0 Å². The van der Waals surface area contributed by atoms with Crippen molar-refractivity contribution in [3.63, 3.8) is 0 Å². The first-order valence-electron chi connectivity index (χ1n) is 7.82. The van der Waals surface area contributed by atoms with Crippen LogP contribution in [0.5, 0.6) is 0 Å². The largest absolute Gasteiger partial charge is 0.0654 e. The molecule has 0 saturated carbocycles. The zero-order valence-corrected chi connectivity index (χ0v) is 12.8. The fraction of sp³-hybridized carbons (Fsp3) is 0.667. The minimum atomic E-state index is 1.32. The predicted octanol–water partition coefficient (Wildman–Crippen LogP) is 6.53. The van der Waals surface area contributed by atoms with Gasteiger partial charge in [0.1, 0.15) is 0 Å². The number of benzene rings is 1. The molecular formula is C18H32. The molecule has 0 heterocycles. The highest BCUT2D eigenvalue weighted by Crippen LogP contribution is 2.08. The Labute approximate surface area is 115 Å². The van der Waals surface area contributed by atoms with E-state index in [1.54, 1.807) is 0 Å². The monoisotopic (exact) mass is 248 g/mol. The van der Waals surface area contributed by atoms with Crippen molar-refractivity contribution >= 4 is 0 Å². The van der Waals surface area contributed by atoms with Gasteiger partial charge in [-0.15, -0.1) is 0 Å². The molecule has 0 nitrogen and oxygen atoms in total. The van der Waals surface area contributed by atoms with E-state index in [4.69, 9.17) is 0 Å². The maximum Gasteiger partial charge on any atom is -0.0398 e. The summed E-state index contributed by atoms with van der Waals surface area (Å²) in [6.07, 6.45) is 13.0. The Balaban J connectivity index is 0.000000351. The van der Waals surface area contributed by atoms with Crippen LogP contribution in [0.1, 0.15) is 77.2 Å². The first-order valence-corrected chi connectivity index (χ1v) is 7.82. The van der Waals surface area contributed by atoms with Gasteiger partial charge in [0.25, 0.3) is 0 Å². The Hall–Kier alpha value is -0.780. The van der Waals surface area contributed by atoms with Crippen LogP contribution in [-0.2, 0) is 0 Å². The van der Waals surface area contributed by atoms with Gasteiger partial charge < -0.3 is 0 Å². The zero-order chi connectivity index (χ0) is 13.5. The summed E-state index contributed by atoms with van der Waals surface area (Å²) in [7, 11) is 0. The Morgan fingerprint density at radius 2 is 1.00 bits per heavy atom. The summed E-state index contributed by atoms with van der Waals surface area (Å²) < 4.78 is 0. The van der Waals surface area contributed by atoms with E-state index in [2.05, 4.69) is 32.9 Å². The van der Waals surface area contributed by atoms with Crippen molar-refractivity contribution in [2.24, 2.45) is 0 Å². The fourth-order valence-electron chi connectivity index (χ4n) is 1.92.